The Morgan fingerprint density at radius 3 is 2.42 bits per heavy atom. The Kier molecular flexibility index (Phi) is 3.77. The van der Waals surface area contributed by atoms with Crippen LogP contribution in [0.2, 0.25) is 0 Å². The van der Waals surface area contributed by atoms with Gasteiger partial charge in [0.25, 0.3) is 0 Å². The number of carbonyl (C=O) groups is 2. The molecule has 0 saturated carbocycles. The first kappa shape index (κ1) is 13.8. The van der Waals surface area contributed by atoms with Crippen molar-refractivity contribution >= 4 is 37.2 Å². The molecule has 0 aliphatic carbocycles. The van der Waals surface area contributed by atoms with Crippen LogP contribution < -0.4 is 10.2 Å². The molecule has 19 heavy (non-hydrogen) atoms. The van der Waals surface area contributed by atoms with Crippen molar-refractivity contribution in [2.75, 3.05) is 18.0 Å². The predicted octanol–water partition coefficient (Wildman–Crippen LogP) is 0.218. The zero-order chi connectivity index (χ0) is 14.0. The summed E-state index contributed by atoms with van der Waals surface area (Å²) in [5.41, 5.74) is 1.07. The van der Waals surface area contributed by atoms with Crippen LogP contribution in [0, 0.1) is 0 Å². The lowest BCUT2D eigenvalue weighted by molar-refractivity contribution is -0.138. The van der Waals surface area contributed by atoms with Crippen molar-refractivity contribution in [3.63, 3.8) is 0 Å². The van der Waals surface area contributed by atoms with Gasteiger partial charge in [-0.05, 0) is 17.7 Å². The van der Waals surface area contributed by atoms with Gasteiger partial charge < -0.3 is 10.2 Å². The number of anilines is 1. The first-order valence-electron chi connectivity index (χ1n) is 5.48. The molecule has 102 valence electrons. The highest BCUT2D eigenvalue weighted by Crippen LogP contribution is 2.18. The smallest absolute Gasteiger partial charge is 0.316 e. The van der Waals surface area contributed by atoms with Crippen molar-refractivity contribution < 1.29 is 18.0 Å². The van der Waals surface area contributed by atoms with Gasteiger partial charge in [0.15, 0.2) is 0 Å². The van der Waals surface area contributed by atoms with Crippen molar-refractivity contribution in [1.82, 2.24) is 5.32 Å². The first-order chi connectivity index (χ1) is 8.87. The van der Waals surface area contributed by atoms with Gasteiger partial charge in [-0.25, -0.2) is 8.42 Å². The van der Waals surface area contributed by atoms with Crippen LogP contribution in [0.15, 0.2) is 24.3 Å². The topological polar surface area (TPSA) is 83.6 Å². The number of rotatable bonds is 3. The zero-order valence-electron chi connectivity index (χ0n) is 9.80. The fourth-order valence-electron chi connectivity index (χ4n) is 1.80. The van der Waals surface area contributed by atoms with E-state index in [9.17, 15) is 18.0 Å². The van der Waals surface area contributed by atoms with Crippen molar-refractivity contribution in [2.24, 2.45) is 0 Å². The average Bonchev–Trinajstić information content (AvgIpc) is 2.32. The Morgan fingerprint density at radius 2 is 1.84 bits per heavy atom. The summed E-state index contributed by atoms with van der Waals surface area (Å²) in [7, 11) is 1.55. The largest absolute Gasteiger partial charge is 0.346 e. The molecule has 0 bridgehead atoms. The molecule has 1 aromatic rings. The maximum absolute atomic E-state index is 11.6. The number of nitrogens with one attached hydrogen (secondary N) is 1. The lowest BCUT2D eigenvalue weighted by Gasteiger charge is -2.26. The van der Waals surface area contributed by atoms with Crippen LogP contribution in [0.5, 0.6) is 0 Å². The molecule has 0 unspecified atom stereocenters. The highest BCUT2D eigenvalue weighted by Gasteiger charge is 2.27. The SMILES string of the molecule is O=C1NCCN(c2ccc(CS(=O)(=O)Cl)cc2)C1=O. The molecular weight excluding hydrogens is 292 g/mol. The van der Waals surface area contributed by atoms with Gasteiger partial charge >= 0.3 is 11.8 Å². The third-order valence-corrected chi connectivity index (χ3v) is 3.65. The second-order valence-corrected chi connectivity index (χ2v) is 6.84. The second kappa shape index (κ2) is 5.18. The summed E-state index contributed by atoms with van der Waals surface area (Å²) < 4.78 is 21.9. The van der Waals surface area contributed by atoms with E-state index in [-0.39, 0.29) is 5.75 Å². The normalized spacial score (nSPS) is 16.4. The zero-order valence-corrected chi connectivity index (χ0v) is 11.4. The number of nitrogens with zero attached hydrogens (tertiary/aromatic N) is 1. The van der Waals surface area contributed by atoms with Crippen molar-refractivity contribution in [3.05, 3.63) is 29.8 Å². The third kappa shape index (κ3) is 3.45. The monoisotopic (exact) mass is 302 g/mol. The minimum Gasteiger partial charge on any atom is -0.346 e. The van der Waals surface area contributed by atoms with Crippen LogP contribution >= 0.6 is 10.7 Å². The molecule has 1 saturated heterocycles. The summed E-state index contributed by atoms with van der Waals surface area (Å²) in [6.07, 6.45) is 0. The molecule has 2 rings (SSSR count). The van der Waals surface area contributed by atoms with E-state index >= 15 is 0 Å². The number of amides is 2. The molecular formula is C11H11ClN2O4S. The number of hydrogen-bond acceptors (Lipinski definition) is 4. The number of benzene rings is 1. The van der Waals surface area contributed by atoms with Gasteiger partial charge in [-0.3, -0.25) is 9.59 Å². The summed E-state index contributed by atoms with van der Waals surface area (Å²) >= 11 is 0. The molecule has 1 heterocycles. The Morgan fingerprint density at radius 1 is 1.21 bits per heavy atom. The van der Waals surface area contributed by atoms with E-state index < -0.39 is 20.9 Å². The maximum Gasteiger partial charge on any atom is 0.316 e. The van der Waals surface area contributed by atoms with Crippen molar-refractivity contribution in [1.29, 1.82) is 0 Å². The first-order valence-corrected chi connectivity index (χ1v) is 7.95. The van der Waals surface area contributed by atoms with Gasteiger partial charge in [-0.15, -0.1) is 0 Å². The molecule has 0 spiro atoms. The molecule has 1 aliphatic rings. The molecule has 0 radical (unpaired) electrons. The Hall–Kier alpha value is -1.60. The Bertz CT molecular complexity index is 612. The summed E-state index contributed by atoms with van der Waals surface area (Å²) in [6, 6.07) is 6.31. The van der Waals surface area contributed by atoms with E-state index in [2.05, 4.69) is 5.32 Å². The number of carbonyl (C=O) groups excluding carboxylic acids is 2. The quantitative estimate of drug-likeness (QED) is 0.639. The molecule has 0 aromatic heterocycles. The van der Waals surface area contributed by atoms with Crippen LogP contribution in [-0.2, 0) is 24.4 Å². The summed E-state index contributed by atoms with van der Waals surface area (Å²) in [5.74, 6) is -1.54. The molecule has 2 amide bonds. The minimum absolute atomic E-state index is 0.275. The highest BCUT2D eigenvalue weighted by molar-refractivity contribution is 8.13. The summed E-state index contributed by atoms with van der Waals surface area (Å²) in [4.78, 5) is 24.2. The summed E-state index contributed by atoms with van der Waals surface area (Å²) in [6.45, 7) is 0.778. The molecule has 6 nitrogen and oxygen atoms in total. The van der Waals surface area contributed by atoms with Crippen LogP contribution in [-0.4, -0.2) is 33.3 Å². The lowest BCUT2D eigenvalue weighted by Crippen LogP contribution is -2.52. The standard InChI is InChI=1S/C11H11ClN2O4S/c12-19(17,18)7-8-1-3-9(4-2-8)14-6-5-13-10(15)11(14)16/h1-4H,5-7H2,(H,13,15). The molecule has 1 aromatic carbocycles. The summed E-state index contributed by atoms with van der Waals surface area (Å²) in [5, 5.41) is 2.45. The van der Waals surface area contributed by atoms with E-state index in [1.807, 2.05) is 0 Å². The molecule has 1 N–H and O–H groups in total. The van der Waals surface area contributed by atoms with E-state index in [4.69, 9.17) is 10.7 Å². The van der Waals surface area contributed by atoms with Crippen LogP contribution in [0.3, 0.4) is 0 Å². The van der Waals surface area contributed by atoms with Crippen molar-refractivity contribution in [2.45, 2.75) is 5.75 Å². The minimum atomic E-state index is -3.61. The van der Waals surface area contributed by atoms with Gasteiger partial charge in [-0.2, -0.15) is 0 Å². The fraction of sp³-hybridized carbons (Fsp3) is 0.273. The van der Waals surface area contributed by atoms with Crippen molar-refractivity contribution in [3.8, 4) is 0 Å². The number of hydrogen-bond donors (Lipinski definition) is 1. The Labute approximate surface area is 114 Å². The van der Waals surface area contributed by atoms with E-state index in [1.54, 1.807) is 24.3 Å². The molecule has 0 atom stereocenters. The van der Waals surface area contributed by atoms with Crippen LogP contribution in [0.25, 0.3) is 0 Å². The van der Waals surface area contributed by atoms with Gasteiger partial charge in [-0.1, -0.05) is 12.1 Å². The predicted molar refractivity (Wildman–Crippen MR) is 70.3 cm³/mol. The van der Waals surface area contributed by atoms with Crippen LogP contribution in [0.1, 0.15) is 5.56 Å². The van der Waals surface area contributed by atoms with E-state index in [1.165, 1.54) is 4.90 Å². The molecule has 1 aliphatic heterocycles. The number of halogens is 1. The number of piperazine rings is 1. The molecule has 8 heteroatoms. The van der Waals surface area contributed by atoms with Gasteiger partial charge in [0.1, 0.15) is 0 Å². The third-order valence-electron chi connectivity index (χ3n) is 2.65. The van der Waals surface area contributed by atoms with Crippen LogP contribution in [0.4, 0.5) is 5.69 Å². The van der Waals surface area contributed by atoms with E-state index in [0.717, 1.165) is 0 Å². The second-order valence-electron chi connectivity index (χ2n) is 4.06. The highest BCUT2D eigenvalue weighted by atomic mass is 35.7. The Balaban J connectivity index is 2.18. The van der Waals surface area contributed by atoms with E-state index in [0.29, 0.717) is 24.3 Å². The fourth-order valence-corrected chi connectivity index (χ4v) is 2.77. The maximum atomic E-state index is 11.6. The van der Waals surface area contributed by atoms with Gasteiger partial charge in [0.05, 0.1) is 5.75 Å². The molecule has 1 fully saturated rings. The lowest BCUT2D eigenvalue weighted by atomic mass is 10.2. The van der Waals surface area contributed by atoms with Gasteiger partial charge in [0, 0.05) is 29.5 Å². The van der Waals surface area contributed by atoms with Gasteiger partial charge in [0.2, 0.25) is 9.05 Å². The average molecular weight is 303 g/mol.